The fourth-order valence-corrected chi connectivity index (χ4v) is 2.04. The first-order chi connectivity index (χ1) is 8.24. The van der Waals surface area contributed by atoms with Crippen LogP contribution in [0.4, 0.5) is 4.79 Å². The molecule has 4 nitrogen and oxygen atoms in total. The van der Waals surface area contributed by atoms with Crippen LogP contribution in [0.5, 0.6) is 0 Å². The number of benzene rings is 1. The van der Waals surface area contributed by atoms with Crippen molar-refractivity contribution in [1.29, 1.82) is 0 Å². The van der Waals surface area contributed by atoms with E-state index < -0.39 is 0 Å². The molecule has 0 aromatic heterocycles. The lowest BCUT2D eigenvalue weighted by molar-refractivity contribution is 0.0998. The summed E-state index contributed by atoms with van der Waals surface area (Å²) in [6.07, 6.45) is 2.23. The van der Waals surface area contributed by atoms with E-state index in [9.17, 15) is 4.79 Å². The van der Waals surface area contributed by atoms with Gasteiger partial charge in [0.2, 0.25) is 0 Å². The van der Waals surface area contributed by atoms with Crippen molar-refractivity contribution in [3.05, 3.63) is 35.9 Å². The summed E-state index contributed by atoms with van der Waals surface area (Å²) < 4.78 is 5.27. The Kier molecular flexibility index (Phi) is 3.98. The van der Waals surface area contributed by atoms with E-state index in [0.29, 0.717) is 6.54 Å². The molecule has 0 saturated heterocycles. The van der Waals surface area contributed by atoms with Gasteiger partial charge in [-0.15, -0.1) is 0 Å². The SMILES string of the molecule is NC1CCC(OC(=O)NCc2ccccc2)C1. The molecule has 2 atom stereocenters. The minimum Gasteiger partial charge on any atom is -0.446 e. The average molecular weight is 234 g/mol. The molecular formula is C13H18N2O2. The summed E-state index contributed by atoms with van der Waals surface area (Å²) in [5, 5.41) is 2.74. The predicted molar refractivity (Wildman–Crippen MR) is 65.4 cm³/mol. The minimum absolute atomic E-state index is 0.0132. The highest BCUT2D eigenvalue weighted by Crippen LogP contribution is 2.20. The summed E-state index contributed by atoms with van der Waals surface area (Å²) in [5.74, 6) is 0. The Bertz CT molecular complexity index is 367. The van der Waals surface area contributed by atoms with Crippen LogP contribution in [-0.2, 0) is 11.3 Å². The largest absolute Gasteiger partial charge is 0.446 e. The molecule has 1 saturated carbocycles. The molecule has 0 bridgehead atoms. The number of carbonyl (C=O) groups is 1. The lowest BCUT2D eigenvalue weighted by Gasteiger charge is -2.12. The van der Waals surface area contributed by atoms with Crippen molar-refractivity contribution in [2.45, 2.75) is 38.0 Å². The molecule has 1 aliphatic rings. The molecule has 3 N–H and O–H groups in total. The van der Waals surface area contributed by atoms with Gasteiger partial charge in [0.05, 0.1) is 0 Å². The third-order valence-corrected chi connectivity index (χ3v) is 2.98. The van der Waals surface area contributed by atoms with Crippen LogP contribution in [0.1, 0.15) is 24.8 Å². The van der Waals surface area contributed by atoms with Gasteiger partial charge in [-0.2, -0.15) is 0 Å². The summed E-state index contributed by atoms with van der Waals surface area (Å²) in [6.45, 7) is 0.498. The average Bonchev–Trinajstić information content (AvgIpc) is 2.73. The van der Waals surface area contributed by atoms with Crippen molar-refractivity contribution in [1.82, 2.24) is 5.32 Å². The molecule has 1 fully saturated rings. The van der Waals surface area contributed by atoms with Crippen molar-refractivity contribution < 1.29 is 9.53 Å². The van der Waals surface area contributed by atoms with Crippen LogP contribution in [-0.4, -0.2) is 18.2 Å². The minimum atomic E-state index is -0.354. The lowest BCUT2D eigenvalue weighted by Crippen LogP contribution is -2.28. The standard InChI is InChI=1S/C13H18N2O2/c14-11-6-7-12(8-11)17-13(16)15-9-10-4-2-1-3-5-10/h1-5,11-12H,6-9,14H2,(H,15,16). The highest BCUT2D eigenvalue weighted by molar-refractivity contribution is 5.67. The van der Waals surface area contributed by atoms with Crippen LogP contribution in [0.3, 0.4) is 0 Å². The highest BCUT2D eigenvalue weighted by Gasteiger charge is 2.24. The van der Waals surface area contributed by atoms with Crippen molar-refractivity contribution in [2.24, 2.45) is 5.73 Å². The van der Waals surface area contributed by atoms with E-state index in [0.717, 1.165) is 24.8 Å². The quantitative estimate of drug-likeness (QED) is 0.838. The first-order valence-corrected chi connectivity index (χ1v) is 5.98. The zero-order chi connectivity index (χ0) is 12.1. The van der Waals surface area contributed by atoms with E-state index in [1.54, 1.807) is 0 Å². The molecule has 17 heavy (non-hydrogen) atoms. The van der Waals surface area contributed by atoms with Crippen LogP contribution in [0.2, 0.25) is 0 Å². The van der Waals surface area contributed by atoms with Crippen LogP contribution < -0.4 is 11.1 Å². The van der Waals surface area contributed by atoms with Gasteiger partial charge in [0, 0.05) is 12.6 Å². The van der Waals surface area contributed by atoms with Crippen molar-refractivity contribution >= 4 is 6.09 Å². The van der Waals surface area contributed by atoms with Crippen molar-refractivity contribution in [2.75, 3.05) is 0 Å². The molecule has 2 rings (SSSR count). The fourth-order valence-electron chi connectivity index (χ4n) is 2.04. The number of rotatable bonds is 3. The Labute approximate surface area is 101 Å². The summed E-state index contributed by atoms with van der Waals surface area (Å²) >= 11 is 0. The van der Waals surface area contributed by atoms with Crippen LogP contribution >= 0.6 is 0 Å². The molecule has 0 spiro atoms. The second-order valence-corrected chi connectivity index (χ2v) is 4.44. The topological polar surface area (TPSA) is 64.3 Å². The number of alkyl carbamates (subject to hydrolysis) is 1. The first kappa shape index (κ1) is 11.9. The van der Waals surface area contributed by atoms with Crippen LogP contribution in [0.25, 0.3) is 0 Å². The molecule has 2 unspecified atom stereocenters. The van der Waals surface area contributed by atoms with E-state index in [-0.39, 0.29) is 18.2 Å². The Hall–Kier alpha value is -1.55. The maximum atomic E-state index is 11.5. The Morgan fingerprint density at radius 3 is 2.76 bits per heavy atom. The first-order valence-electron chi connectivity index (χ1n) is 5.98. The number of hydrogen-bond donors (Lipinski definition) is 2. The van der Waals surface area contributed by atoms with Gasteiger partial charge in [-0.3, -0.25) is 0 Å². The third kappa shape index (κ3) is 3.75. The Balaban J connectivity index is 1.71. The molecule has 1 aromatic carbocycles. The zero-order valence-electron chi connectivity index (χ0n) is 9.76. The number of nitrogens with one attached hydrogen (secondary N) is 1. The maximum Gasteiger partial charge on any atom is 0.407 e. The Morgan fingerprint density at radius 1 is 1.35 bits per heavy atom. The molecular weight excluding hydrogens is 216 g/mol. The van der Waals surface area contributed by atoms with Gasteiger partial charge in [-0.25, -0.2) is 4.79 Å². The summed E-state index contributed by atoms with van der Waals surface area (Å²) in [4.78, 5) is 11.5. The van der Waals surface area contributed by atoms with E-state index in [2.05, 4.69) is 5.32 Å². The summed E-state index contributed by atoms with van der Waals surface area (Å²) in [5.41, 5.74) is 6.82. The van der Waals surface area contributed by atoms with Crippen molar-refractivity contribution in [3.8, 4) is 0 Å². The van der Waals surface area contributed by atoms with E-state index >= 15 is 0 Å². The van der Waals surface area contributed by atoms with Crippen molar-refractivity contribution in [3.63, 3.8) is 0 Å². The van der Waals surface area contributed by atoms with Crippen LogP contribution in [0.15, 0.2) is 30.3 Å². The second kappa shape index (κ2) is 5.68. The molecule has 0 heterocycles. The monoisotopic (exact) mass is 234 g/mol. The number of hydrogen-bond acceptors (Lipinski definition) is 3. The normalized spacial score (nSPS) is 23.4. The van der Waals surface area contributed by atoms with Gasteiger partial charge in [-0.1, -0.05) is 30.3 Å². The zero-order valence-corrected chi connectivity index (χ0v) is 9.76. The molecule has 1 aromatic rings. The molecule has 1 amide bonds. The molecule has 1 aliphatic carbocycles. The van der Waals surface area contributed by atoms with Gasteiger partial charge in [0.15, 0.2) is 0 Å². The smallest absolute Gasteiger partial charge is 0.407 e. The number of nitrogens with two attached hydrogens (primary N) is 1. The lowest BCUT2D eigenvalue weighted by atomic mass is 10.2. The van der Waals surface area contributed by atoms with Gasteiger partial charge in [0.1, 0.15) is 6.10 Å². The van der Waals surface area contributed by atoms with Gasteiger partial charge >= 0.3 is 6.09 Å². The molecule has 4 heteroatoms. The van der Waals surface area contributed by atoms with Gasteiger partial charge in [-0.05, 0) is 24.8 Å². The third-order valence-electron chi connectivity index (χ3n) is 2.98. The highest BCUT2D eigenvalue weighted by atomic mass is 16.6. The molecule has 0 aliphatic heterocycles. The predicted octanol–water partition coefficient (Wildman–Crippen LogP) is 1.79. The second-order valence-electron chi connectivity index (χ2n) is 4.44. The number of carbonyl (C=O) groups excluding carboxylic acids is 1. The summed E-state index contributed by atoms with van der Waals surface area (Å²) in [7, 11) is 0. The number of amides is 1. The van der Waals surface area contributed by atoms with Gasteiger partial charge in [0.25, 0.3) is 0 Å². The summed E-state index contributed by atoms with van der Waals surface area (Å²) in [6, 6.07) is 9.94. The van der Waals surface area contributed by atoms with E-state index in [1.807, 2.05) is 30.3 Å². The maximum absolute atomic E-state index is 11.5. The van der Waals surface area contributed by atoms with E-state index in [4.69, 9.17) is 10.5 Å². The molecule has 92 valence electrons. The molecule has 0 radical (unpaired) electrons. The van der Waals surface area contributed by atoms with Gasteiger partial charge < -0.3 is 15.8 Å². The Morgan fingerprint density at radius 2 is 2.12 bits per heavy atom. The number of ether oxygens (including phenoxy) is 1. The fraction of sp³-hybridized carbons (Fsp3) is 0.462. The van der Waals surface area contributed by atoms with Crippen LogP contribution in [0, 0.1) is 0 Å². The van der Waals surface area contributed by atoms with E-state index in [1.165, 1.54) is 0 Å².